The van der Waals surface area contributed by atoms with Crippen molar-refractivity contribution in [2.75, 3.05) is 19.6 Å². The molecule has 0 saturated carbocycles. The molecule has 4 heteroatoms. The van der Waals surface area contributed by atoms with E-state index in [-0.39, 0.29) is 5.91 Å². The van der Waals surface area contributed by atoms with Gasteiger partial charge >= 0.3 is 0 Å². The molecule has 3 nitrogen and oxygen atoms in total. The van der Waals surface area contributed by atoms with Gasteiger partial charge in [0.25, 0.3) is 0 Å². The molecular formula is C18H21ClN2O. The minimum Gasteiger partial charge on any atom is -0.355 e. The van der Waals surface area contributed by atoms with Crippen molar-refractivity contribution in [1.29, 1.82) is 0 Å². The maximum Gasteiger partial charge on any atom is 0.233 e. The molecule has 0 fully saturated rings. The average molecular weight is 317 g/mol. The van der Waals surface area contributed by atoms with Gasteiger partial charge in [-0.3, -0.25) is 4.79 Å². The molecule has 2 aromatic rings. The van der Waals surface area contributed by atoms with E-state index in [2.05, 4.69) is 22.8 Å². The quantitative estimate of drug-likeness (QED) is 0.735. The molecule has 0 atom stereocenters. The lowest BCUT2D eigenvalue weighted by molar-refractivity contribution is -0.120. The Kier molecular flexibility index (Phi) is 6.94. The van der Waals surface area contributed by atoms with Crippen LogP contribution in [-0.4, -0.2) is 25.5 Å². The Bertz CT molecular complexity index is 569. The van der Waals surface area contributed by atoms with Crippen LogP contribution >= 0.6 is 11.6 Å². The van der Waals surface area contributed by atoms with Crippen LogP contribution in [0.25, 0.3) is 0 Å². The van der Waals surface area contributed by atoms with Crippen LogP contribution in [0.3, 0.4) is 0 Å². The molecule has 0 heterocycles. The van der Waals surface area contributed by atoms with Gasteiger partial charge in [-0.15, -0.1) is 0 Å². The van der Waals surface area contributed by atoms with Crippen LogP contribution in [-0.2, 0) is 17.6 Å². The summed E-state index contributed by atoms with van der Waals surface area (Å²) in [6.45, 7) is 1.79. The maximum absolute atomic E-state index is 11.7. The van der Waals surface area contributed by atoms with Gasteiger partial charge in [-0.1, -0.05) is 54.1 Å². The van der Waals surface area contributed by atoms with Gasteiger partial charge in [0.1, 0.15) is 0 Å². The van der Waals surface area contributed by atoms with Gasteiger partial charge < -0.3 is 10.6 Å². The number of carbonyl (C=O) groups is 1. The van der Waals surface area contributed by atoms with Crippen molar-refractivity contribution in [2.45, 2.75) is 12.8 Å². The summed E-state index contributed by atoms with van der Waals surface area (Å²) in [6.07, 6.45) is 1.74. The Morgan fingerprint density at radius 1 is 0.864 bits per heavy atom. The monoisotopic (exact) mass is 316 g/mol. The SMILES string of the molecule is O=C(CNCCc1ccc(Cl)cc1)NCCc1ccccc1. The fourth-order valence-electron chi connectivity index (χ4n) is 2.14. The van der Waals surface area contributed by atoms with Crippen molar-refractivity contribution in [3.8, 4) is 0 Å². The Labute approximate surface area is 136 Å². The molecule has 0 aliphatic carbocycles. The molecule has 2 N–H and O–H groups in total. The van der Waals surface area contributed by atoms with Crippen molar-refractivity contribution in [3.05, 3.63) is 70.7 Å². The number of hydrogen-bond acceptors (Lipinski definition) is 2. The maximum atomic E-state index is 11.7. The fourth-order valence-corrected chi connectivity index (χ4v) is 2.27. The molecule has 0 unspecified atom stereocenters. The van der Waals surface area contributed by atoms with Crippen molar-refractivity contribution >= 4 is 17.5 Å². The van der Waals surface area contributed by atoms with Gasteiger partial charge in [0.15, 0.2) is 0 Å². The van der Waals surface area contributed by atoms with Gasteiger partial charge in [-0.05, 0) is 42.6 Å². The largest absolute Gasteiger partial charge is 0.355 e. The summed E-state index contributed by atoms with van der Waals surface area (Å²) in [5.74, 6) is 0.0343. The third-order valence-electron chi connectivity index (χ3n) is 3.37. The first-order chi connectivity index (χ1) is 10.7. The molecule has 0 aliphatic rings. The highest BCUT2D eigenvalue weighted by Gasteiger charge is 2.00. The van der Waals surface area contributed by atoms with Crippen LogP contribution in [0.4, 0.5) is 0 Å². The van der Waals surface area contributed by atoms with Gasteiger partial charge in [0.05, 0.1) is 6.54 Å². The van der Waals surface area contributed by atoms with Crippen LogP contribution in [0.2, 0.25) is 5.02 Å². The van der Waals surface area contributed by atoms with Crippen molar-refractivity contribution < 1.29 is 4.79 Å². The van der Waals surface area contributed by atoms with Crippen molar-refractivity contribution in [2.24, 2.45) is 0 Å². The summed E-state index contributed by atoms with van der Waals surface area (Å²) < 4.78 is 0. The van der Waals surface area contributed by atoms with E-state index in [0.29, 0.717) is 13.1 Å². The van der Waals surface area contributed by atoms with E-state index in [1.165, 1.54) is 11.1 Å². The Morgan fingerprint density at radius 2 is 1.50 bits per heavy atom. The van der Waals surface area contributed by atoms with E-state index in [1.807, 2.05) is 42.5 Å². The third-order valence-corrected chi connectivity index (χ3v) is 3.62. The van der Waals surface area contributed by atoms with E-state index >= 15 is 0 Å². The number of benzene rings is 2. The summed E-state index contributed by atoms with van der Waals surface area (Å²) in [7, 11) is 0. The first-order valence-electron chi connectivity index (χ1n) is 7.50. The molecule has 0 radical (unpaired) electrons. The lowest BCUT2D eigenvalue weighted by atomic mass is 10.1. The molecule has 22 heavy (non-hydrogen) atoms. The predicted molar refractivity (Wildman–Crippen MR) is 91.2 cm³/mol. The molecule has 0 bridgehead atoms. The van der Waals surface area contributed by atoms with Gasteiger partial charge in [0, 0.05) is 11.6 Å². The second-order valence-corrected chi connectivity index (χ2v) is 5.58. The molecule has 2 rings (SSSR count). The van der Waals surface area contributed by atoms with Crippen LogP contribution in [0.1, 0.15) is 11.1 Å². The van der Waals surface area contributed by atoms with Gasteiger partial charge in [-0.25, -0.2) is 0 Å². The Balaban J connectivity index is 1.55. The fraction of sp³-hybridized carbons (Fsp3) is 0.278. The average Bonchev–Trinajstić information content (AvgIpc) is 2.54. The van der Waals surface area contributed by atoms with Crippen LogP contribution in [0, 0.1) is 0 Å². The second kappa shape index (κ2) is 9.23. The number of carbonyl (C=O) groups excluding carboxylic acids is 1. The smallest absolute Gasteiger partial charge is 0.233 e. The van der Waals surface area contributed by atoms with Gasteiger partial charge in [0.2, 0.25) is 5.91 Å². The minimum atomic E-state index is 0.0343. The summed E-state index contributed by atoms with van der Waals surface area (Å²) in [5, 5.41) is 6.82. The number of rotatable bonds is 8. The standard InChI is InChI=1S/C18H21ClN2O/c19-17-8-6-16(7-9-17)10-12-20-14-18(22)21-13-11-15-4-2-1-3-5-15/h1-9,20H,10-14H2,(H,21,22). The molecular weight excluding hydrogens is 296 g/mol. The van der Waals surface area contributed by atoms with Gasteiger partial charge in [-0.2, -0.15) is 0 Å². The molecule has 0 saturated heterocycles. The third kappa shape index (κ3) is 6.29. The van der Waals surface area contributed by atoms with E-state index in [9.17, 15) is 4.79 Å². The van der Waals surface area contributed by atoms with E-state index in [1.54, 1.807) is 0 Å². The van der Waals surface area contributed by atoms with Crippen molar-refractivity contribution in [1.82, 2.24) is 10.6 Å². The first-order valence-corrected chi connectivity index (χ1v) is 7.87. The second-order valence-electron chi connectivity index (χ2n) is 5.14. The zero-order chi connectivity index (χ0) is 15.6. The zero-order valence-corrected chi connectivity index (χ0v) is 13.3. The first kappa shape index (κ1) is 16.5. The van der Waals surface area contributed by atoms with Crippen LogP contribution in [0.5, 0.6) is 0 Å². The molecule has 0 aliphatic heterocycles. The molecule has 1 amide bonds. The highest BCUT2D eigenvalue weighted by Crippen LogP contribution is 2.09. The summed E-state index contributed by atoms with van der Waals surface area (Å²) in [5.41, 5.74) is 2.44. The number of nitrogens with one attached hydrogen (secondary N) is 2. The van der Waals surface area contributed by atoms with E-state index in [4.69, 9.17) is 11.6 Å². The minimum absolute atomic E-state index is 0.0343. The molecule has 0 aromatic heterocycles. The molecule has 116 valence electrons. The lowest BCUT2D eigenvalue weighted by Gasteiger charge is -2.07. The van der Waals surface area contributed by atoms with Crippen LogP contribution < -0.4 is 10.6 Å². The lowest BCUT2D eigenvalue weighted by Crippen LogP contribution is -2.35. The van der Waals surface area contributed by atoms with Crippen LogP contribution in [0.15, 0.2) is 54.6 Å². The topological polar surface area (TPSA) is 41.1 Å². The normalized spacial score (nSPS) is 10.4. The predicted octanol–water partition coefficient (Wildman–Crippen LogP) is 2.83. The zero-order valence-electron chi connectivity index (χ0n) is 12.5. The van der Waals surface area contributed by atoms with E-state index in [0.717, 1.165) is 24.4 Å². The Morgan fingerprint density at radius 3 is 2.23 bits per heavy atom. The number of hydrogen-bond donors (Lipinski definition) is 2. The molecule has 2 aromatic carbocycles. The highest BCUT2D eigenvalue weighted by molar-refractivity contribution is 6.30. The number of amides is 1. The summed E-state index contributed by atoms with van der Waals surface area (Å²) in [4.78, 5) is 11.7. The summed E-state index contributed by atoms with van der Waals surface area (Å²) in [6, 6.07) is 17.9. The Hall–Kier alpha value is -1.84. The number of halogens is 1. The van der Waals surface area contributed by atoms with Crippen molar-refractivity contribution in [3.63, 3.8) is 0 Å². The summed E-state index contributed by atoms with van der Waals surface area (Å²) >= 11 is 5.84. The van der Waals surface area contributed by atoms with E-state index < -0.39 is 0 Å². The molecule has 0 spiro atoms. The highest BCUT2D eigenvalue weighted by atomic mass is 35.5.